The van der Waals surface area contributed by atoms with Crippen LogP contribution in [0.25, 0.3) is 0 Å². The molecule has 0 unspecified atom stereocenters. The first-order valence-corrected chi connectivity index (χ1v) is 10.1. The highest BCUT2D eigenvalue weighted by molar-refractivity contribution is 5.88. The maximum atomic E-state index is 12.8. The third-order valence-corrected chi connectivity index (χ3v) is 4.62. The summed E-state index contributed by atoms with van der Waals surface area (Å²) in [5.41, 5.74) is 4.55. The molecule has 0 bridgehead atoms. The van der Waals surface area contributed by atoms with Gasteiger partial charge in [0, 0.05) is 23.9 Å². The maximum Gasteiger partial charge on any atom is 0.408 e. The zero-order valence-corrected chi connectivity index (χ0v) is 18.3. The Morgan fingerprint density at radius 1 is 1.15 bits per heavy atom. The fourth-order valence-electron chi connectivity index (χ4n) is 2.92. The largest absolute Gasteiger partial charge is 0.497 e. The van der Waals surface area contributed by atoms with Crippen LogP contribution in [0.5, 0.6) is 11.5 Å². The summed E-state index contributed by atoms with van der Waals surface area (Å²) in [6.45, 7) is 0.0822. The van der Waals surface area contributed by atoms with E-state index in [1.54, 1.807) is 31.5 Å². The number of hydrogen-bond donors (Lipinski definition) is 3. The van der Waals surface area contributed by atoms with Gasteiger partial charge in [0.25, 0.3) is 5.91 Å². The van der Waals surface area contributed by atoms with Crippen LogP contribution < -0.4 is 20.2 Å². The van der Waals surface area contributed by atoms with Crippen LogP contribution in [0.4, 0.5) is 4.79 Å². The molecule has 1 heterocycles. The number of imidazole rings is 1. The predicted octanol–water partition coefficient (Wildman–Crippen LogP) is 2.41. The van der Waals surface area contributed by atoms with Gasteiger partial charge in [0.05, 0.1) is 26.8 Å². The normalized spacial score (nSPS) is 11.6. The number of nitrogens with one attached hydrogen (secondary N) is 3. The molecule has 0 aliphatic carbocycles. The van der Waals surface area contributed by atoms with E-state index in [9.17, 15) is 9.59 Å². The number of aromatic nitrogens is 2. The lowest BCUT2D eigenvalue weighted by molar-refractivity contribution is -0.123. The first kappa shape index (κ1) is 23.3. The summed E-state index contributed by atoms with van der Waals surface area (Å²) < 4.78 is 15.7. The number of carbonyl (C=O) groups is 2. The van der Waals surface area contributed by atoms with Crippen molar-refractivity contribution in [3.63, 3.8) is 0 Å². The van der Waals surface area contributed by atoms with E-state index in [1.165, 1.54) is 19.7 Å². The lowest BCUT2D eigenvalue weighted by atomic mass is 10.1. The number of aromatic amines is 1. The van der Waals surface area contributed by atoms with Crippen molar-refractivity contribution in [1.82, 2.24) is 20.7 Å². The summed E-state index contributed by atoms with van der Waals surface area (Å²) >= 11 is 0. The molecule has 33 heavy (non-hydrogen) atoms. The first-order valence-electron chi connectivity index (χ1n) is 10.1. The van der Waals surface area contributed by atoms with Crippen molar-refractivity contribution in [3.8, 4) is 11.5 Å². The van der Waals surface area contributed by atoms with Crippen LogP contribution in [0.15, 0.2) is 66.2 Å². The van der Waals surface area contributed by atoms with Gasteiger partial charge in [-0.2, -0.15) is 5.10 Å². The molecule has 10 heteroatoms. The Kier molecular flexibility index (Phi) is 8.41. The number of nitrogens with zero attached hydrogens (tertiary/aromatic N) is 2. The number of amides is 2. The number of methoxy groups -OCH3 is 2. The molecule has 3 aromatic rings. The lowest BCUT2D eigenvalue weighted by Gasteiger charge is -2.16. The summed E-state index contributed by atoms with van der Waals surface area (Å²) in [4.78, 5) is 31.9. The molecule has 0 saturated heterocycles. The lowest BCUT2D eigenvalue weighted by Crippen LogP contribution is -2.47. The molecule has 172 valence electrons. The number of alkyl carbamates (subject to hydrolysis) is 1. The van der Waals surface area contributed by atoms with E-state index in [2.05, 4.69) is 25.8 Å². The second kappa shape index (κ2) is 11.9. The van der Waals surface area contributed by atoms with Gasteiger partial charge in [-0.05, 0) is 23.8 Å². The molecule has 0 saturated carbocycles. The summed E-state index contributed by atoms with van der Waals surface area (Å²) in [7, 11) is 3.08. The maximum absolute atomic E-state index is 12.8. The molecule has 0 spiro atoms. The molecule has 0 radical (unpaired) electrons. The van der Waals surface area contributed by atoms with Crippen molar-refractivity contribution in [2.24, 2.45) is 5.10 Å². The molecule has 1 aromatic heterocycles. The van der Waals surface area contributed by atoms with Crippen LogP contribution in [-0.4, -0.2) is 48.4 Å². The van der Waals surface area contributed by atoms with Gasteiger partial charge in [0.15, 0.2) is 0 Å². The Balaban J connectivity index is 1.64. The van der Waals surface area contributed by atoms with Gasteiger partial charge in [-0.3, -0.25) is 4.79 Å². The molecule has 1 atom stereocenters. The topological polar surface area (TPSA) is 127 Å². The number of benzene rings is 2. The van der Waals surface area contributed by atoms with Gasteiger partial charge in [0.1, 0.15) is 24.1 Å². The van der Waals surface area contributed by atoms with Crippen molar-refractivity contribution < 1.29 is 23.8 Å². The second-order valence-corrected chi connectivity index (χ2v) is 6.88. The molecule has 0 fully saturated rings. The Bertz CT molecular complexity index is 1070. The molecule has 2 amide bonds. The van der Waals surface area contributed by atoms with Gasteiger partial charge in [0.2, 0.25) is 0 Å². The molecular formula is C23H25N5O5. The van der Waals surface area contributed by atoms with Crippen LogP contribution in [0.2, 0.25) is 0 Å². The van der Waals surface area contributed by atoms with E-state index in [-0.39, 0.29) is 13.0 Å². The quantitative estimate of drug-likeness (QED) is 0.321. The van der Waals surface area contributed by atoms with Crippen molar-refractivity contribution in [3.05, 3.63) is 77.9 Å². The summed E-state index contributed by atoms with van der Waals surface area (Å²) in [5, 5.41) is 6.57. The van der Waals surface area contributed by atoms with Crippen LogP contribution in [0.1, 0.15) is 16.8 Å². The third-order valence-electron chi connectivity index (χ3n) is 4.62. The van der Waals surface area contributed by atoms with Crippen molar-refractivity contribution in [2.75, 3.05) is 14.2 Å². The van der Waals surface area contributed by atoms with E-state index < -0.39 is 18.0 Å². The molecule has 2 aromatic carbocycles. The standard InChI is InChI=1S/C23H25N5O5/c1-31-19-8-9-21(32-2)17(10-19)12-26-28-22(29)20(11-18-13-24-15-25-18)27-23(30)33-14-16-6-4-3-5-7-16/h3-10,12-13,15,20H,11,14H2,1-2H3,(H,24,25)(H,27,30)(H,28,29)/b26-12-/t20-/m0/s1. The van der Waals surface area contributed by atoms with Gasteiger partial charge in [-0.25, -0.2) is 15.2 Å². The number of H-pyrrole nitrogens is 1. The number of ether oxygens (including phenoxy) is 3. The van der Waals surface area contributed by atoms with E-state index in [1.807, 2.05) is 30.3 Å². The van der Waals surface area contributed by atoms with E-state index in [4.69, 9.17) is 14.2 Å². The summed E-state index contributed by atoms with van der Waals surface area (Å²) in [6, 6.07) is 13.5. The smallest absolute Gasteiger partial charge is 0.408 e. The van der Waals surface area contributed by atoms with Crippen LogP contribution in [-0.2, 0) is 22.6 Å². The van der Waals surface area contributed by atoms with Gasteiger partial charge >= 0.3 is 6.09 Å². The monoisotopic (exact) mass is 451 g/mol. The number of rotatable bonds is 10. The van der Waals surface area contributed by atoms with Crippen molar-refractivity contribution in [2.45, 2.75) is 19.1 Å². The van der Waals surface area contributed by atoms with Gasteiger partial charge in [-0.1, -0.05) is 30.3 Å². The molecule has 10 nitrogen and oxygen atoms in total. The predicted molar refractivity (Wildman–Crippen MR) is 121 cm³/mol. The van der Waals surface area contributed by atoms with E-state index in [0.717, 1.165) is 5.56 Å². The van der Waals surface area contributed by atoms with Crippen molar-refractivity contribution >= 4 is 18.2 Å². The third kappa shape index (κ3) is 7.10. The highest BCUT2D eigenvalue weighted by Crippen LogP contribution is 2.22. The van der Waals surface area contributed by atoms with Crippen LogP contribution in [0.3, 0.4) is 0 Å². The molecule has 3 N–H and O–H groups in total. The highest BCUT2D eigenvalue weighted by Gasteiger charge is 2.22. The Morgan fingerprint density at radius 3 is 2.67 bits per heavy atom. The fraction of sp³-hybridized carbons (Fsp3) is 0.217. The molecule has 3 rings (SSSR count). The SMILES string of the molecule is COc1ccc(OC)c(/C=N\NC(=O)[C@H](Cc2cnc[nH]2)NC(=O)OCc2ccccc2)c1. The minimum atomic E-state index is -0.946. The molecular weight excluding hydrogens is 426 g/mol. The zero-order valence-electron chi connectivity index (χ0n) is 18.3. The van der Waals surface area contributed by atoms with Crippen LogP contribution >= 0.6 is 0 Å². The van der Waals surface area contributed by atoms with E-state index in [0.29, 0.717) is 22.8 Å². The minimum absolute atomic E-state index is 0.0822. The molecule has 0 aliphatic heterocycles. The van der Waals surface area contributed by atoms with Gasteiger partial charge in [-0.15, -0.1) is 0 Å². The number of hydrogen-bond acceptors (Lipinski definition) is 7. The van der Waals surface area contributed by atoms with Gasteiger partial charge < -0.3 is 24.5 Å². The first-order chi connectivity index (χ1) is 16.1. The summed E-state index contributed by atoms with van der Waals surface area (Å²) in [6.07, 6.45) is 3.94. The fourth-order valence-corrected chi connectivity index (χ4v) is 2.92. The Labute approximate surface area is 191 Å². The Hall–Kier alpha value is -4.34. The van der Waals surface area contributed by atoms with Crippen LogP contribution in [0, 0.1) is 0 Å². The Morgan fingerprint density at radius 2 is 1.97 bits per heavy atom. The second-order valence-electron chi connectivity index (χ2n) is 6.88. The summed E-state index contributed by atoms with van der Waals surface area (Å²) in [5.74, 6) is 0.647. The number of carbonyl (C=O) groups excluding carboxylic acids is 2. The average Bonchev–Trinajstić information content (AvgIpc) is 3.36. The highest BCUT2D eigenvalue weighted by atomic mass is 16.5. The van der Waals surface area contributed by atoms with Crippen molar-refractivity contribution in [1.29, 1.82) is 0 Å². The average molecular weight is 451 g/mol. The number of hydrazone groups is 1. The van der Waals surface area contributed by atoms with E-state index >= 15 is 0 Å². The minimum Gasteiger partial charge on any atom is -0.497 e. The molecule has 0 aliphatic rings. The zero-order chi connectivity index (χ0) is 23.5.